The van der Waals surface area contributed by atoms with Crippen LogP contribution in [0, 0.1) is 6.92 Å². The van der Waals surface area contributed by atoms with E-state index in [1.807, 2.05) is 49.4 Å². The number of nitrogens with one attached hydrogen (secondary N) is 1. The fourth-order valence-electron chi connectivity index (χ4n) is 4.41. The van der Waals surface area contributed by atoms with E-state index in [2.05, 4.69) is 10.2 Å². The van der Waals surface area contributed by atoms with Crippen LogP contribution < -0.4 is 20.5 Å². The summed E-state index contributed by atoms with van der Waals surface area (Å²) in [5.41, 5.74) is 7.55. The lowest BCUT2D eigenvalue weighted by Gasteiger charge is -2.37. The Morgan fingerprint density at radius 2 is 1.97 bits per heavy atom. The molecular weight excluding hydrogens is 430 g/mol. The highest BCUT2D eigenvalue weighted by molar-refractivity contribution is 6.31. The molecule has 3 atom stereocenters. The minimum Gasteiger partial charge on any atom is -0.486 e. The SMILES string of the molecule is Cc1ccc(Cl)c(C(C(N)=O)N2CCC(NCC(O)C3COc4ccccc4O3)CC2)c1. The fourth-order valence-corrected chi connectivity index (χ4v) is 4.63. The molecule has 1 fully saturated rings. The van der Waals surface area contributed by atoms with Gasteiger partial charge in [0, 0.05) is 30.7 Å². The van der Waals surface area contributed by atoms with Gasteiger partial charge in [-0.1, -0.05) is 41.4 Å². The number of aliphatic hydroxyl groups excluding tert-OH is 1. The minimum atomic E-state index is -0.689. The standard InChI is InChI=1S/C24H30ClN3O4/c1-15-6-7-18(25)17(12-15)23(24(26)30)28-10-8-16(9-11-28)27-13-19(29)22-14-31-20-4-2-3-5-21(20)32-22/h2-7,12,16,19,22-23,27,29H,8-11,13-14H2,1H3,(H2,26,30). The third-order valence-corrected chi connectivity index (χ3v) is 6.53. The average Bonchev–Trinajstić information content (AvgIpc) is 2.80. The van der Waals surface area contributed by atoms with Gasteiger partial charge >= 0.3 is 0 Å². The molecule has 2 aliphatic heterocycles. The number of likely N-dealkylation sites (tertiary alicyclic amines) is 1. The number of fused-ring (bicyclic) bond motifs is 1. The number of benzene rings is 2. The lowest BCUT2D eigenvalue weighted by atomic mass is 9.97. The zero-order chi connectivity index (χ0) is 22.7. The van der Waals surface area contributed by atoms with Gasteiger partial charge in [0.1, 0.15) is 18.8 Å². The zero-order valence-corrected chi connectivity index (χ0v) is 18.9. The zero-order valence-electron chi connectivity index (χ0n) is 18.2. The van der Waals surface area contributed by atoms with Crippen molar-refractivity contribution in [2.45, 2.75) is 44.1 Å². The molecule has 0 aromatic heterocycles. The van der Waals surface area contributed by atoms with Gasteiger partial charge in [-0.25, -0.2) is 0 Å². The summed E-state index contributed by atoms with van der Waals surface area (Å²) in [6, 6.07) is 12.8. The summed E-state index contributed by atoms with van der Waals surface area (Å²) in [6.07, 6.45) is 0.571. The molecule has 1 amide bonds. The normalized spacial score (nSPS) is 21.2. The maximum absolute atomic E-state index is 12.3. The van der Waals surface area contributed by atoms with E-state index in [1.165, 1.54) is 0 Å². The molecule has 2 aliphatic rings. The van der Waals surface area contributed by atoms with Crippen LogP contribution in [0.25, 0.3) is 0 Å². The number of aryl methyl sites for hydroxylation is 1. The highest BCUT2D eigenvalue weighted by Crippen LogP contribution is 2.32. The van der Waals surface area contributed by atoms with Gasteiger partial charge in [0.2, 0.25) is 5.91 Å². The summed E-state index contributed by atoms with van der Waals surface area (Å²) in [6.45, 7) is 4.11. The molecule has 2 aromatic rings. The number of primary amides is 1. The van der Waals surface area contributed by atoms with Crippen LogP contribution >= 0.6 is 11.6 Å². The number of nitrogens with two attached hydrogens (primary N) is 1. The summed E-state index contributed by atoms with van der Waals surface area (Å²) in [4.78, 5) is 14.4. The molecule has 32 heavy (non-hydrogen) atoms. The molecule has 2 heterocycles. The quantitative estimate of drug-likeness (QED) is 0.588. The van der Waals surface area contributed by atoms with E-state index in [-0.39, 0.29) is 6.04 Å². The molecule has 7 nitrogen and oxygen atoms in total. The van der Waals surface area contributed by atoms with E-state index < -0.39 is 24.2 Å². The van der Waals surface area contributed by atoms with Crippen LogP contribution in [-0.2, 0) is 4.79 Å². The number of piperidine rings is 1. The summed E-state index contributed by atoms with van der Waals surface area (Å²) in [5, 5.41) is 14.6. The molecule has 0 saturated carbocycles. The predicted molar refractivity (Wildman–Crippen MR) is 123 cm³/mol. The van der Waals surface area contributed by atoms with Crippen LogP contribution in [0.15, 0.2) is 42.5 Å². The minimum absolute atomic E-state index is 0.235. The maximum atomic E-state index is 12.3. The number of carbonyl (C=O) groups is 1. The summed E-state index contributed by atoms with van der Waals surface area (Å²) in [5.74, 6) is 0.964. The van der Waals surface area contributed by atoms with Crippen molar-refractivity contribution in [3.63, 3.8) is 0 Å². The largest absolute Gasteiger partial charge is 0.486 e. The van der Waals surface area contributed by atoms with Gasteiger partial charge in [-0.3, -0.25) is 9.69 Å². The van der Waals surface area contributed by atoms with Crippen molar-refractivity contribution >= 4 is 17.5 Å². The number of ether oxygens (including phenoxy) is 2. The fraction of sp³-hybridized carbons (Fsp3) is 0.458. The number of carbonyl (C=O) groups excluding carboxylic acids is 1. The lowest BCUT2D eigenvalue weighted by molar-refractivity contribution is -0.124. The number of rotatable bonds is 7. The molecule has 0 bridgehead atoms. The molecule has 3 unspecified atom stereocenters. The second-order valence-corrected chi connectivity index (χ2v) is 8.94. The Balaban J connectivity index is 1.29. The van der Waals surface area contributed by atoms with Crippen LogP contribution in [0.5, 0.6) is 11.5 Å². The van der Waals surface area contributed by atoms with Gasteiger partial charge in [0.05, 0.1) is 0 Å². The van der Waals surface area contributed by atoms with E-state index in [9.17, 15) is 9.90 Å². The Labute approximate surface area is 193 Å². The first-order valence-corrected chi connectivity index (χ1v) is 11.4. The number of nitrogens with zero attached hydrogens (tertiary/aromatic N) is 1. The molecule has 0 radical (unpaired) electrons. The molecule has 8 heteroatoms. The summed E-state index contributed by atoms with van der Waals surface area (Å²) in [7, 11) is 0. The lowest BCUT2D eigenvalue weighted by Crippen LogP contribution is -2.50. The molecule has 172 valence electrons. The second-order valence-electron chi connectivity index (χ2n) is 8.53. The van der Waals surface area contributed by atoms with Gasteiger partial charge in [-0.15, -0.1) is 0 Å². The van der Waals surface area contributed by atoms with Crippen molar-refractivity contribution in [2.75, 3.05) is 26.2 Å². The monoisotopic (exact) mass is 459 g/mol. The van der Waals surface area contributed by atoms with E-state index in [1.54, 1.807) is 0 Å². The van der Waals surface area contributed by atoms with E-state index in [0.717, 1.165) is 24.0 Å². The van der Waals surface area contributed by atoms with Crippen LogP contribution in [-0.4, -0.2) is 60.4 Å². The smallest absolute Gasteiger partial charge is 0.239 e. The topological polar surface area (TPSA) is 97.1 Å². The van der Waals surface area contributed by atoms with Crippen molar-refractivity contribution in [2.24, 2.45) is 5.73 Å². The van der Waals surface area contributed by atoms with Gasteiger partial charge in [0.25, 0.3) is 0 Å². The Bertz CT molecular complexity index is 949. The van der Waals surface area contributed by atoms with Crippen LogP contribution in [0.3, 0.4) is 0 Å². The second kappa shape index (κ2) is 10.1. The van der Waals surface area contributed by atoms with Crippen LogP contribution in [0.1, 0.15) is 30.0 Å². The first-order chi connectivity index (χ1) is 15.4. The van der Waals surface area contributed by atoms with Gasteiger partial charge in [0.15, 0.2) is 17.6 Å². The Morgan fingerprint density at radius 3 is 2.69 bits per heavy atom. The van der Waals surface area contributed by atoms with Gasteiger partial charge in [-0.05, 0) is 43.5 Å². The number of hydrogen-bond donors (Lipinski definition) is 3. The Kier molecular flexibility index (Phi) is 7.20. The van der Waals surface area contributed by atoms with Crippen molar-refractivity contribution in [3.8, 4) is 11.5 Å². The van der Waals surface area contributed by atoms with Crippen molar-refractivity contribution in [1.29, 1.82) is 0 Å². The molecule has 0 aliphatic carbocycles. The molecule has 1 saturated heterocycles. The van der Waals surface area contributed by atoms with Crippen molar-refractivity contribution < 1.29 is 19.4 Å². The highest BCUT2D eigenvalue weighted by atomic mass is 35.5. The Morgan fingerprint density at radius 1 is 1.25 bits per heavy atom. The first kappa shape index (κ1) is 22.9. The van der Waals surface area contributed by atoms with E-state index in [0.29, 0.717) is 42.8 Å². The van der Waals surface area contributed by atoms with Crippen molar-refractivity contribution in [3.05, 3.63) is 58.6 Å². The number of para-hydroxylation sites is 2. The number of halogens is 1. The predicted octanol–water partition coefficient (Wildman–Crippen LogP) is 2.43. The van der Waals surface area contributed by atoms with E-state index in [4.69, 9.17) is 26.8 Å². The average molecular weight is 460 g/mol. The van der Waals surface area contributed by atoms with Crippen molar-refractivity contribution in [1.82, 2.24) is 10.2 Å². The molecule has 0 spiro atoms. The first-order valence-electron chi connectivity index (χ1n) is 11.0. The molecule has 4 rings (SSSR count). The highest BCUT2D eigenvalue weighted by Gasteiger charge is 2.32. The third-order valence-electron chi connectivity index (χ3n) is 6.19. The molecule has 4 N–H and O–H groups in total. The van der Waals surface area contributed by atoms with Gasteiger partial charge in [-0.2, -0.15) is 0 Å². The number of aliphatic hydroxyl groups is 1. The number of amides is 1. The van der Waals surface area contributed by atoms with Crippen LogP contribution in [0.4, 0.5) is 0 Å². The van der Waals surface area contributed by atoms with Gasteiger partial charge < -0.3 is 25.6 Å². The number of hydrogen-bond acceptors (Lipinski definition) is 6. The third kappa shape index (κ3) is 5.18. The van der Waals surface area contributed by atoms with Crippen LogP contribution in [0.2, 0.25) is 5.02 Å². The maximum Gasteiger partial charge on any atom is 0.239 e. The Hall–Kier alpha value is -2.32. The van der Waals surface area contributed by atoms with E-state index >= 15 is 0 Å². The summed E-state index contributed by atoms with van der Waals surface area (Å²) >= 11 is 6.38. The molecular formula is C24H30ClN3O4. The molecule has 2 aromatic carbocycles. The summed E-state index contributed by atoms with van der Waals surface area (Å²) < 4.78 is 11.6.